The van der Waals surface area contributed by atoms with Gasteiger partial charge in [0, 0.05) is 6.54 Å². The molecule has 0 aliphatic rings. The fourth-order valence-corrected chi connectivity index (χ4v) is 3.87. The molecule has 6 nitrogen and oxygen atoms in total. The molecule has 0 atom stereocenters. The lowest BCUT2D eigenvalue weighted by molar-refractivity contribution is -0.0486. The third-order valence-electron chi connectivity index (χ3n) is 4.32. The number of hydrogen-bond donors (Lipinski definition) is 0. The average Bonchev–Trinajstić information content (AvgIpc) is 2.61. The van der Waals surface area contributed by atoms with Crippen molar-refractivity contribution in [1.29, 1.82) is 5.26 Å². The van der Waals surface area contributed by atoms with Crippen LogP contribution in [0, 0.1) is 32.1 Å². The van der Waals surface area contributed by atoms with Crippen LogP contribution in [-0.4, -0.2) is 37.3 Å². The first-order valence-electron chi connectivity index (χ1n) is 9.40. The number of carbonyl (C=O) groups excluding carboxylic acids is 1. The Hall–Kier alpha value is -2.64. The molecule has 10 heteroatoms. The van der Waals surface area contributed by atoms with E-state index in [0.717, 1.165) is 16.7 Å². The maximum atomic E-state index is 12.6. The summed E-state index contributed by atoms with van der Waals surface area (Å²) in [5, 5.41) is 8.58. The second-order valence-electron chi connectivity index (χ2n) is 6.97. The molecule has 1 rings (SSSR count). The quantitative estimate of drug-likeness (QED) is 0.167. The van der Waals surface area contributed by atoms with Crippen LogP contribution in [0.5, 0.6) is 0 Å². The molecule has 1 aromatic rings. The molecule has 1 aromatic carbocycles. The van der Waals surface area contributed by atoms with E-state index in [1.807, 2.05) is 32.9 Å². The van der Waals surface area contributed by atoms with Crippen molar-refractivity contribution in [2.24, 2.45) is 0 Å². The first-order chi connectivity index (χ1) is 14.3. The number of benzene rings is 1. The Morgan fingerprint density at radius 3 is 2.32 bits per heavy atom. The van der Waals surface area contributed by atoms with Crippen molar-refractivity contribution in [1.82, 2.24) is 4.31 Å². The van der Waals surface area contributed by atoms with Gasteiger partial charge in [0.15, 0.2) is 0 Å². The number of carbonyl (C=O) groups is 1. The summed E-state index contributed by atoms with van der Waals surface area (Å²) >= 11 is 0. The van der Waals surface area contributed by atoms with Crippen LogP contribution < -0.4 is 0 Å². The number of ether oxygens (including phenoxy) is 1. The van der Waals surface area contributed by atoms with Gasteiger partial charge in [-0.1, -0.05) is 30.4 Å². The number of hydrogen-bond acceptors (Lipinski definition) is 5. The Morgan fingerprint density at radius 1 is 1.23 bits per heavy atom. The normalized spacial score (nSPS) is 12.2. The summed E-state index contributed by atoms with van der Waals surface area (Å²) in [5.74, 6) is -0.427. The Balaban J connectivity index is 2.54. The highest BCUT2D eigenvalue weighted by atomic mass is 32.2. The zero-order chi connectivity index (χ0) is 23.8. The molecular formula is C21H25F3N2O4S. The fourth-order valence-electron chi connectivity index (χ4n) is 2.98. The predicted molar refractivity (Wildman–Crippen MR) is 110 cm³/mol. The Kier molecular flexibility index (Phi) is 9.46. The molecular weight excluding hydrogens is 433 g/mol. The van der Waals surface area contributed by atoms with Crippen LogP contribution in [0.2, 0.25) is 0 Å². The van der Waals surface area contributed by atoms with E-state index in [9.17, 15) is 26.4 Å². The third kappa shape index (κ3) is 7.52. The molecule has 170 valence electrons. The second kappa shape index (κ2) is 11.1. The van der Waals surface area contributed by atoms with Gasteiger partial charge in [0.05, 0.1) is 11.6 Å². The molecule has 0 bridgehead atoms. The lowest BCUT2D eigenvalue weighted by Crippen LogP contribution is -2.41. The van der Waals surface area contributed by atoms with Gasteiger partial charge >= 0.3 is 21.5 Å². The highest BCUT2D eigenvalue weighted by Crippen LogP contribution is 2.27. The number of alkyl halides is 3. The van der Waals surface area contributed by atoms with Crippen LogP contribution >= 0.6 is 0 Å². The summed E-state index contributed by atoms with van der Waals surface area (Å²) in [7, 11) is -5.54. The van der Waals surface area contributed by atoms with Crippen LogP contribution in [0.1, 0.15) is 46.3 Å². The monoisotopic (exact) mass is 458 g/mol. The van der Waals surface area contributed by atoms with Gasteiger partial charge in [-0.15, -0.1) is 0 Å². The number of aryl methyl sites for hydroxylation is 3. The number of sulfonamides is 1. The largest absolute Gasteiger partial charge is 0.511 e. The minimum absolute atomic E-state index is 0.107. The number of rotatable bonds is 10. The van der Waals surface area contributed by atoms with Gasteiger partial charge in [-0.25, -0.2) is 13.2 Å². The summed E-state index contributed by atoms with van der Waals surface area (Å²) in [6, 6.07) is 5.17. The molecule has 0 saturated carbocycles. The molecule has 0 amide bonds. The average molecular weight is 459 g/mol. The maximum Gasteiger partial charge on any atom is 0.511 e. The van der Waals surface area contributed by atoms with Crippen molar-refractivity contribution in [3.8, 4) is 6.07 Å². The highest BCUT2D eigenvalue weighted by molar-refractivity contribution is 7.90. The van der Waals surface area contributed by atoms with Gasteiger partial charge in [0.1, 0.15) is 12.3 Å². The molecule has 0 aliphatic carbocycles. The number of allylic oxidation sites excluding steroid dienone is 2. The smallest absolute Gasteiger partial charge is 0.424 e. The lowest BCUT2D eigenvalue weighted by Gasteiger charge is -2.20. The van der Waals surface area contributed by atoms with E-state index in [1.54, 1.807) is 6.08 Å². The van der Waals surface area contributed by atoms with E-state index in [0.29, 0.717) is 18.4 Å². The lowest BCUT2D eigenvalue weighted by atomic mass is 10.00. The summed E-state index contributed by atoms with van der Waals surface area (Å²) in [4.78, 5) is 12.4. The Bertz CT molecular complexity index is 970. The van der Waals surface area contributed by atoms with E-state index in [-0.39, 0.29) is 16.5 Å². The number of esters is 1. The van der Waals surface area contributed by atoms with Crippen molar-refractivity contribution in [3.05, 3.63) is 58.9 Å². The molecule has 0 fully saturated rings. The standard InChI is InChI=1S/C21H25F3N2O4S/c1-15-13-16(2)19(17(3)14-15)20(27)30-18(4)9-7-5-6-8-11-26(12-10-25)31(28,29)21(22,23)24/h7,9,13-14H,4-6,8,11-12H2,1-3H3. The van der Waals surface area contributed by atoms with E-state index >= 15 is 0 Å². The fraction of sp³-hybridized carbons (Fsp3) is 0.429. The number of nitriles is 1. The van der Waals surface area contributed by atoms with Gasteiger partial charge in [-0.05, 0) is 57.2 Å². The molecule has 0 N–H and O–H groups in total. The summed E-state index contributed by atoms with van der Waals surface area (Å²) in [5.41, 5.74) is -2.38. The van der Waals surface area contributed by atoms with Crippen molar-refractivity contribution in [2.45, 2.75) is 45.5 Å². The van der Waals surface area contributed by atoms with Crippen molar-refractivity contribution in [2.75, 3.05) is 13.1 Å². The Morgan fingerprint density at radius 2 is 1.81 bits per heavy atom. The van der Waals surface area contributed by atoms with Crippen molar-refractivity contribution in [3.63, 3.8) is 0 Å². The number of halogens is 3. The van der Waals surface area contributed by atoms with Crippen LogP contribution in [0.25, 0.3) is 0 Å². The highest BCUT2D eigenvalue weighted by Gasteiger charge is 2.49. The van der Waals surface area contributed by atoms with Crippen LogP contribution in [0.15, 0.2) is 36.6 Å². The van der Waals surface area contributed by atoms with E-state index in [4.69, 9.17) is 10.00 Å². The van der Waals surface area contributed by atoms with E-state index < -0.39 is 34.6 Å². The summed E-state index contributed by atoms with van der Waals surface area (Å²) < 4.78 is 66.0. The Labute approximate surface area is 180 Å². The second-order valence-corrected chi connectivity index (χ2v) is 8.90. The van der Waals surface area contributed by atoms with Gasteiger partial charge in [0.25, 0.3) is 0 Å². The van der Waals surface area contributed by atoms with Gasteiger partial charge in [0.2, 0.25) is 0 Å². The minimum atomic E-state index is -5.54. The third-order valence-corrected chi connectivity index (χ3v) is 5.89. The molecule has 0 heterocycles. The SMILES string of the molecule is C=C(C=CCCCCN(CC#N)S(=O)(=O)C(F)(F)F)OC(=O)c1c(C)cc(C)cc1C. The molecule has 0 radical (unpaired) electrons. The van der Waals surface area contributed by atoms with Gasteiger partial charge < -0.3 is 4.74 Å². The zero-order valence-corrected chi connectivity index (χ0v) is 18.4. The topological polar surface area (TPSA) is 87.5 Å². The molecule has 0 unspecified atom stereocenters. The maximum absolute atomic E-state index is 12.6. The first-order valence-corrected chi connectivity index (χ1v) is 10.8. The molecule has 0 aromatic heterocycles. The first kappa shape index (κ1) is 26.4. The molecule has 0 saturated heterocycles. The molecule has 0 spiro atoms. The summed E-state index contributed by atoms with van der Waals surface area (Å²) in [6.45, 7) is 7.89. The molecule has 0 aliphatic heterocycles. The minimum Gasteiger partial charge on any atom is -0.424 e. The zero-order valence-electron chi connectivity index (χ0n) is 17.6. The van der Waals surface area contributed by atoms with Crippen molar-refractivity contribution >= 4 is 16.0 Å². The van der Waals surface area contributed by atoms with Gasteiger partial charge in [-0.3, -0.25) is 0 Å². The van der Waals surface area contributed by atoms with Crippen LogP contribution in [0.3, 0.4) is 0 Å². The summed E-state index contributed by atoms with van der Waals surface area (Å²) in [6.07, 6.45) is 3.97. The predicted octanol–water partition coefficient (Wildman–Crippen LogP) is 4.68. The van der Waals surface area contributed by atoms with E-state index in [1.165, 1.54) is 12.1 Å². The van der Waals surface area contributed by atoms with Gasteiger partial charge in [-0.2, -0.15) is 22.7 Å². The number of unbranched alkanes of at least 4 members (excludes halogenated alkanes) is 2. The molecule has 31 heavy (non-hydrogen) atoms. The number of nitrogens with zero attached hydrogens (tertiary/aromatic N) is 2. The van der Waals surface area contributed by atoms with Crippen LogP contribution in [0.4, 0.5) is 13.2 Å². The van der Waals surface area contributed by atoms with E-state index in [2.05, 4.69) is 6.58 Å². The van der Waals surface area contributed by atoms with Crippen molar-refractivity contribution < 1.29 is 31.1 Å². The van der Waals surface area contributed by atoms with Crippen LogP contribution in [-0.2, 0) is 14.8 Å².